The molecule has 2 aliphatic heterocycles. The predicted octanol–water partition coefficient (Wildman–Crippen LogP) is 3.07. The number of benzene rings is 1. The van der Waals surface area contributed by atoms with Gasteiger partial charge in [-0.15, -0.1) is 0 Å². The van der Waals surface area contributed by atoms with Gasteiger partial charge in [-0.25, -0.2) is 0 Å². The summed E-state index contributed by atoms with van der Waals surface area (Å²) in [5.74, 6) is 0.865. The van der Waals surface area contributed by atoms with E-state index in [1.54, 1.807) is 0 Å². The zero-order valence-electron chi connectivity index (χ0n) is 13.0. The Labute approximate surface area is 127 Å². The predicted molar refractivity (Wildman–Crippen MR) is 81.8 cm³/mol. The van der Waals surface area contributed by atoms with E-state index in [-0.39, 0.29) is 6.10 Å². The highest BCUT2D eigenvalue weighted by atomic mass is 16.8. The highest BCUT2D eigenvalue weighted by Gasteiger charge is 2.42. The maximum Gasteiger partial charge on any atom is 0.274 e. The van der Waals surface area contributed by atoms with Crippen LogP contribution in [0, 0.1) is 0 Å². The molecular formula is C17H25NO3. The molecule has 2 heterocycles. The summed E-state index contributed by atoms with van der Waals surface area (Å²) in [6, 6.07) is 7.77. The summed E-state index contributed by atoms with van der Waals surface area (Å²) in [5, 5.41) is 0. The summed E-state index contributed by atoms with van der Waals surface area (Å²) in [5.41, 5.74) is 0. The average Bonchev–Trinajstić information content (AvgIpc) is 2.86. The molecule has 0 spiro atoms. The quantitative estimate of drug-likeness (QED) is 0.834. The molecule has 1 saturated heterocycles. The van der Waals surface area contributed by atoms with Gasteiger partial charge in [0, 0.05) is 13.5 Å². The maximum atomic E-state index is 5.97. The first kappa shape index (κ1) is 14.7. The monoisotopic (exact) mass is 291 g/mol. The van der Waals surface area contributed by atoms with Crippen LogP contribution in [0.2, 0.25) is 0 Å². The van der Waals surface area contributed by atoms with Crippen LogP contribution in [0.5, 0.6) is 11.5 Å². The third-order valence-electron chi connectivity index (χ3n) is 4.44. The number of fused-ring (bicyclic) bond motifs is 1. The highest BCUT2D eigenvalue weighted by Crippen LogP contribution is 2.40. The molecular weight excluding hydrogens is 266 g/mol. The fraction of sp³-hybridized carbons (Fsp3) is 0.647. The number of rotatable bonds is 5. The van der Waals surface area contributed by atoms with E-state index in [0.29, 0.717) is 0 Å². The lowest BCUT2D eigenvalue weighted by molar-refractivity contribution is -0.164. The first-order chi connectivity index (χ1) is 10.2. The van der Waals surface area contributed by atoms with Crippen molar-refractivity contribution >= 4 is 0 Å². The van der Waals surface area contributed by atoms with E-state index in [9.17, 15) is 0 Å². The summed E-state index contributed by atoms with van der Waals surface area (Å²) in [6.07, 6.45) is 3.88. The van der Waals surface area contributed by atoms with Crippen LogP contribution < -0.4 is 9.47 Å². The van der Waals surface area contributed by atoms with Crippen molar-refractivity contribution in [2.45, 2.75) is 45.0 Å². The highest BCUT2D eigenvalue weighted by molar-refractivity contribution is 5.42. The van der Waals surface area contributed by atoms with Crippen molar-refractivity contribution in [2.24, 2.45) is 0 Å². The minimum absolute atomic E-state index is 0.116. The molecule has 1 aromatic carbocycles. The molecule has 1 atom stereocenters. The normalized spacial score (nSPS) is 22.2. The molecule has 0 saturated carbocycles. The molecule has 116 valence electrons. The van der Waals surface area contributed by atoms with E-state index in [4.69, 9.17) is 14.2 Å². The van der Waals surface area contributed by atoms with Crippen LogP contribution in [0.15, 0.2) is 24.3 Å². The standard InChI is InChI=1S/C17H25NO3/c1-14(19-13-12-18-10-6-3-7-11-18)17(2)20-15-8-4-5-9-16(15)21-17/h4-5,8-9,14H,3,6-7,10-13H2,1-2H3. The Kier molecular flexibility index (Phi) is 4.36. The van der Waals surface area contributed by atoms with Crippen molar-refractivity contribution in [3.8, 4) is 11.5 Å². The van der Waals surface area contributed by atoms with Gasteiger partial charge in [-0.05, 0) is 45.0 Å². The van der Waals surface area contributed by atoms with Gasteiger partial charge in [0.15, 0.2) is 11.5 Å². The molecule has 0 aliphatic carbocycles. The number of para-hydroxylation sites is 2. The van der Waals surface area contributed by atoms with Crippen molar-refractivity contribution < 1.29 is 14.2 Å². The van der Waals surface area contributed by atoms with E-state index < -0.39 is 5.79 Å². The summed E-state index contributed by atoms with van der Waals surface area (Å²) in [4.78, 5) is 2.48. The van der Waals surface area contributed by atoms with Gasteiger partial charge in [-0.1, -0.05) is 18.6 Å². The SMILES string of the molecule is CC(OCCN1CCCCC1)C1(C)Oc2ccccc2O1. The Morgan fingerprint density at radius 2 is 1.76 bits per heavy atom. The van der Waals surface area contributed by atoms with Crippen molar-refractivity contribution in [1.29, 1.82) is 0 Å². The summed E-state index contributed by atoms with van der Waals surface area (Å²) in [7, 11) is 0. The number of nitrogens with zero attached hydrogens (tertiary/aromatic N) is 1. The molecule has 21 heavy (non-hydrogen) atoms. The first-order valence-corrected chi connectivity index (χ1v) is 7.98. The van der Waals surface area contributed by atoms with Crippen LogP contribution in [-0.2, 0) is 4.74 Å². The first-order valence-electron chi connectivity index (χ1n) is 7.98. The van der Waals surface area contributed by atoms with E-state index in [1.807, 2.05) is 38.1 Å². The molecule has 0 N–H and O–H groups in total. The van der Waals surface area contributed by atoms with Gasteiger partial charge in [0.25, 0.3) is 5.79 Å². The Bertz CT molecular complexity index is 446. The molecule has 2 aliphatic rings. The molecule has 0 aromatic heterocycles. The second-order valence-electron chi connectivity index (χ2n) is 6.08. The van der Waals surface area contributed by atoms with E-state index in [2.05, 4.69) is 4.90 Å². The molecule has 0 radical (unpaired) electrons. The summed E-state index contributed by atoms with van der Waals surface area (Å²) >= 11 is 0. The largest absolute Gasteiger partial charge is 0.446 e. The molecule has 0 amide bonds. The van der Waals surface area contributed by atoms with Crippen LogP contribution in [0.1, 0.15) is 33.1 Å². The van der Waals surface area contributed by atoms with Gasteiger partial charge in [0.1, 0.15) is 6.10 Å². The van der Waals surface area contributed by atoms with Gasteiger partial charge >= 0.3 is 0 Å². The number of ether oxygens (including phenoxy) is 3. The number of hydrogen-bond donors (Lipinski definition) is 0. The fourth-order valence-corrected chi connectivity index (χ4v) is 2.94. The second-order valence-corrected chi connectivity index (χ2v) is 6.08. The smallest absolute Gasteiger partial charge is 0.274 e. The van der Waals surface area contributed by atoms with Gasteiger partial charge in [0.05, 0.1) is 6.61 Å². The fourth-order valence-electron chi connectivity index (χ4n) is 2.94. The van der Waals surface area contributed by atoms with Crippen molar-refractivity contribution in [2.75, 3.05) is 26.2 Å². The van der Waals surface area contributed by atoms with Crippen LogP contribution in [-0.4, -0.2) is 43.0 Å². The van der Waals surface area contributed by atoms with Gasteiger partial charge in [0.2, 0.25) is 0 Å². The van der Waals surface area contributed by atoms with Crippen LogP contribution >= 0.6 is 0 Å². The van der Waals surface area contributed by atoms with Crippen molar-refractivity contribution in [3.05, 3.63) is 24.3 Å². The third kappa shape index (κ3) is 3.33. The van der Waals surface area contributed by atoms with Crippen LogP contribution in [0.25, 0.3) is 0 Å². The van der Waals surface area contributed by atoms with Gasteiger partial charge in [-0.2, -0.15) is 0 Å². The number of piperidine rings is 1. The Morgan fingerprint density at radius 3 is 2.38 bits per heavy atom. The Hall–Kier alpha value is -1.26. The summed E-state index contributed by atoms with van der Waals surface area (Å²) < 4.78 is 17.8. The molecule has 3 rings (SSSR count). The lowest BCUT2D eigenvalue weighted by Crippen LogP contribution is -2.47. The third-order valence-corrected chi connectivity index (χ3v) is 4.44. The van der Waals surface area contributed by atoms with Crippen molar-refractivity contribution in [3.63, 3.8) is 0 Å². The van der Waals surface area contributed by atoms with Crippen LogP contribution in [0.4, 0.5) is 0 Å². The molecule has 1 aromatic rings. The molecule has 1 unspecified atom stereocenters. The van der Waals surface area contributed by atoms with Gasteiger partial charge < -0.3 is 19.1 Å². The molecule has 1 fully saturated rings. The van der Waals surface area contributed by atoms with Crippen molar-refractivity contribution in [1.82, 2.24) is 4.90 Å². The lowest BCUT2D eigenvalue weighted by Gasteiger charge is -2.31. The number of hydrogen-bond acceptors (Lipinski definition) is 4. The average molecular weight is 291 g/mol. The number of likely N-dealkylation sites (tertiary alicyclic amines) is 1. The minimum atomic E-state index is -0.731. The van der Waals surface area contributed by atoms with Gasteiger partial charge in [-0.3, -0.25) is 0 Å². The van der Waals surface area contributed by atoms with Crippen LogP contribution in [0.3, 0.4) is 0 Å². The Morgan fingerprint density at radius 1 is 1.14 bits per heavy atom. The topological polar surface area (TPSA) is 30.9 Å². The van der Waals surface area contributed by atoms with E-state index >= 15 is 0 Å². The zero-order valence-corrected chi connectivity index (χ0v) is 13.0. The minimum Gasteiger partial charge on any atom is -0.446 e. The summed E-state index contributed by atoms with van der Waals surface area (Å²) in [6.45, 7) is 8.08. The molecule has 4 nitrogen and oxygen atoms in total. The lowest BCUT2D eigenvalue weighted by atomic mass is 10.1. The van der Waals surface area contributed by atoms with E-state index in [0.717, 1.165) is 24.7 Å². The Balaban J connectivity index is 1.48. The second kappa shape index (κ2) is 6.24. The van der Waals surface area contributed by atoms with E-state index in [1.165, 1.54) is 32.4 Å². The zero-order chi connectivity index (χ0) is 14.7. The molecule has 0 bridgehead atoms. The molecule has 4 heteroatoms. The maximum absolute atomic E-state index is 5.97.